The standard InChI is InChI=1S/C10H14N2O2/c1-12-7-11-6-8(12)10(3-2-4-10)5-9(13)14/h6-7H,2-5H2,1H3,(H,13,14). The van der Waals surface area contributed by atoms with E-state index in [1.54, 1.807) is 12.5 Å². The number of aryl methyl sites for hydroxylation is 1. The molecular weight excluding hydrogens is 180 g/mol. The fraction of sp³-hybridized carbons (Fsp3) is 0.600. The van der Waals surface area contributed by atoms with Gasteiger partial charge in [0.25, 0.3) is 0 Å². The summed E-state index contributed by atoms with van der Waals surface area (Å²) in [5.74, 6) is -0.717. The van der Waals surface area contributed by atoms with Crippen molar-refractivity contribution in [1.29, 1.82) is 0 Å². The number of aliphatic carboxylic acids is 1. The third-order valence-electron chi connectivity index (χ3n) is 3.16. The monoisotopic (exact) mass is 194 g/mol. The number of carbonyl (C=O) groups is 1. The highest BCUT2D eigenvalue weighted by molar-refractivity contribution is 5.69. The number of rotatable bonds is 3. The van der Waals surface area contributed by atoms with E-state index in [-0.39, 0.29) is 11.8 Å². The van der Waals surface area contributed by atoms with E-state index in [1.807, 2.05) is 11.6 Å². The summed E-state index contributed by atoms with van der Waals surface area (Å²) in [6, 6.07) is 0. The molecule has 1 aromatic heterocycles. The molecule has 4 nitrogen and oxygen atoms in total. The zero-order valence-corrected chi connectivity index (χ0v) is 8.23. The van der Waals surface area contributed by atoms with Crippen molar-refractivity contribution in [1.82, 2.24) is 9.55 Å². The van der Waals surface area contributed by atoms with Gasteiger partial charge in [-0.3, -0.25) is 4.79 Å². The summed E-state index contributed by atoms with van der Waals surface area (Å²) in [5.41, 5.74) is 0.919. The molecule has 1 aliphatic carbocycles. The van der Waals surface area contributed by atoms with E-state index < -0.39 is 5.97 Å². The van der Waals surface area contributed by atoms with E-state index in [0.29, 0.717) is 0 Å². The van der Waals surface area contributed by atoms with Crippen molar-refractivity contribution in [3.8, 4) is 0 Å². The molecule has 0 saturated heterocycles. The molecule has 0 bridgehead atoms. The first-order valence-corrected chi connectivity index (χ1v) is 4.83. The van der Waals surface area contributed by atoms with Gasteiger partial charge in [0.05, 0.1) is 12.7 Å². The highest BCUT2D eigenvalue weighted by Crippen LogP contribution is 2.46. The predicted molar refractivity (Wildman–Crippen MR) is 51.0 cm³/mol. The first-order valence-electron chi connectivity index (χ1n) is 4.83. The fourth-order valence-electron chi connectivity index (χ4n) is 2.28. The Balaban J connectivity index is 2.29. The lowest BCUT2D eigenvalue weighted by molar-refractivity contribution is -0.139. The van der Waals surface area contributed by atoms with Crippen LogP contribution in [0.4, 0.5) is 0 Å². The molecule has 76 valence electrons. The molecule has 0 aliphatic heterocycles. The minimum atomic E-state index is -0.717. The largest absolute Gasteiger partial charge is 0.481 e. The molecule has 1 aromatic rings. The van der Waals surface area contributed by atoms with Crippen LogP contribution in [0, 0.1) is 0 Å². The zero-order valence-electron chi connectivity index (χ0n) is 8.23. The summed E-state index contributed by atoms with van der Waals surface area (Å²) < 4.78 is 1.93. The van der Waals surface area contributed by atoms with Gasteiger partial charge in [-0.1, -0.05) is 6.42 Å². The Morgan fingerprint density at radius 1 is 1.71 bits per heavy atom. The van der Waals surface area contributed by atoms with Crippen molar-refractivity contribution in [2.24, 2.45) is 7.05 Å². The lowest BCUT2D eigenvalue weighted by Crippen LogP contribution is -2.38. The van der Waals surface area contributed by atoms with Gasteiger partial charge in [0, 0.05) is 24.4 Å². The van der Waals surface area contributed by atoms with Crippen LogP contribution < -0.4 is 0 Å². The molecule has 0 spiro atoms. The zero-order chi connectivity index (χ0) is 10.2. The maximum atomic E-state index is 10.8. The SMILES string of the molecule is Cn1cncc1C1(CC(=O)O)CCC1. The summed E-state index contributed by atoms with van der Waals surface area (Å²) in [6.45, 7) is 0. The molecule has 0 aromatic carbocycles. The average molecular weight is 194 g/mol. The number of aromatic nitrogens is 2. The molecule has 1 saturated carbocycles. The maximum Gasteiger partial charge on any atom is 0.304 e. The summed E-state index contributed by atoms with van der Waals surface area (Å²) in [6.07, 6.45) is 6.82. The lowest BCUT2D eigenvalue weighted by atomic mass is 9.64. The number of imidazole rings is 1. The Morgan fingerprint density at radius 2 is 2.43 bits per heavy atom. The smallest absolute Gasteiger partial charge is 0.304 e. The van der Waals surface area contributed by atoms with Gasteiger partial charge in [0.2, 0.25) is 0 Å². The third-order valence-corrected chi connectivity index (χ3v) is 3.16. The van der Waals surface area contributed by atoms with Gasteiger partial charge in [-0.25, -0.2) is 4.98 Å². The number of nitrogens with zero attached hydrogens (tertiary/aromatic N) is 2. The van der Waals surface area contributed by atoms with Gasteiger partial charge < -0.3 is 9.67 Å². The van der Waals surface area contributed by atoms with Crippen molar-refractivity contribution in [3.63, 3.8) is 0 Å². The van der Waals surface area contributed by atoms with E-state index in [2.05, 4.69) is 4.98 Å². The van der Waals surface area contributed by atoms with E-state index in [1.165, 1.54) is 0 Å². The van der Waals surface area contributed by atoms with Crippen LogP contribution in [0.15, 0.2) is 12.5 Å². The number of carboxylic acids is 1. The van der Waals surface area contributed by atoms with E-state index in [4.69, 9.17) is 5.11 Å². The van der Waals surface area contributed by atoms with Gasteiger partial charge in [-0.05, 0) is 12.8 Å². The first kappa shape index (κ1) is 9.24. The molecule has 0 radical (unpaired) electrons. The predicted octanol–water partition coefficient (Wildman–Crippen LogP) is 1.32. The number of hydrogen-bond donors (Lipinski definition) is 1. The molecular formula is C10H14N2O2. The minimum absolute atomic E-state index is 0.142. The van der Waals surface area contributed by atoms with E-state index >= 15 is 0 Å². The van der Waals surface area contributed by atoms with Crippen LogP contribution in [0.1, 0.15) is 31.4 Å². The van der Waals surface area contributed by atoms with Crippen molar-refractivity contribution in [2.75, 3.05) is 0 Å². The van der Waals surface area contributed by atoms with Crippen LogP contribution in [0.2, 0.25) is 0 Å². The Kier molecular flexibility index (Phi) is 2.06. The average Bonchev–Trinajstić information content (AvgIpc) is 2.44. The lowest BCUT2D eigenvalue weighted by Gasteiger charge is -2.40. The molecule has 1 fully saturated rings. The summed E-state index contributed by atoms with van der Waals surface area (Å²) in [4.78, 5) is 14.8. The van der Waals surface area contributed by atoms with Crippen LogP contribution in [0.3, 0.4) is 0 Å². The van der Waals surface area contributed by atoms with Crippen LogP contribution in [-0.2, 0) is 17.3 Å². The summed E-state index contributed by atoms with van der Waals surface area (Å²) in [7, 11) is 1.92. The van der Waals surface area contributed by atoms with Crippen molar-refractivity contribution in [2.45, 2.75) is 31.1 Å². The second-order valence-corrected chi connectivity index (χ2v) is 4.09. The summed E-state index contributed by atoms with van der Waals surface area (Å²) in [5, 5.41) is 8.87. The molecule has 1 heterocycles. The summed E-state index contributed by atoms with van der Waals surface area (Å²) >= 11 is 0. The van der Waals surface area contributed by atoms with Crippen LogP contribution in [-0.4, -0.2) is 20.6 Å². The Morgan fingerprint density at radius 3 is 2.79 bits per heavy atom. The molecule has 14 heavy (non-hydrogen) atoms. The normalized spacial score (nSPS) is 18.9. The van der Waals surface area contributed by atoms with Gasteiger partial charge in [0.15, 0.2) is 0 Å². The van der Waals surface area contributed by atoms with Crippen LogP contribution >= 0.6 is 0 Å². The van der Waals surface area contributed by atoms with E-state index in [9.17, 15) is 4.79 Å². The van der Waals surface area contributed by atoms with Gasteiger partial charge >= 0.3 is 5.97 Å². The molecule has 1 aliphatic rings. The first-order chi connectivity index (χ1) is 6.64. The van der Waals surface area contributed by atoms with Crippen molar-refractivity contribution < 1.29 is 9.90 Å². The minimum Gasteiger partial charge on any atom is -0.481 e. The number of hydrogen-bond acceptors (Lipinski definition) is 2. The molecule has 4 heteroatoms. The maximum absolute atomic E-state index is 10.8. The van der Waals surface area contributed by atoms with Crippen molar-refractivity contribution >= 4 is 5.97 Å². The second-order valence-electron chi connectivity index (χ2n) is 4.09. The number of carboxylic acid groups (broad SMARTS) is 1. The molecule has 0 unspecified atom stereocenters. The Bertz CT molecular complexity index is 353. The molecule has 2 rings (SSSR count). The van der Waals surface area contributed by atoms with Crippen LogP contribution in [0.5, 0.6) is 0 Å². The topological polar surface area (TPSA) is 55.1 Å². The second kappa shape index (κ2) is 3.12. The van der Waals surface area contributed by atoms with Crippen molar-refractivity contribution in [3.05, 3.63) is 18.2 Å². The highest BCUT2D eigenvalue weighted by atomic mass is 16.4. The Labute approximate surface area is 82.6 Å². The fourth-order valence-corrected chi connectivity index (χ4v) is 2.28. The van der Waals surface area contributed by atoms with Gasteiger partial charge in [-0.15, -0.1) is 0 Å². The van der Waals surface area contributed by atoms with Gasteiger partial charge in [0.1, 0.15) is 0 Å². The molecule has 0 atom stereocenters. The molecule has 1 N–H and O–H groups in total. The van der Waals surface area contributed by atoms with Gasteiger partial charge in [-0.2, -0.15) is 0 Å². The van der Waals surface area contributed by atoms with Crippen LogP contribution in [0.25, 0.3) is 0 Å². The van der Waals surface area contributed by atoms with E-state index in [0.717, 1.165) is 25.0 Å². The quantitative estimate of drug-likeness (QED) is 0.789. The molecule has 0 amide bonds. The third kappa shape index (κ3) is 1.31. The highest BCUT2D eigenvalue weighted by Gasteiger charge is 2.42. The Hall–Kier alpha value is -1.32.